The van der Waals surface area contributed by atoms with Crippen LogP contribution in [0.15, 0.2) is 48.7 Å². The smallest absolute Gasteiger partial charge is 0.222 e. The first-order valence-corrected chi connectivity index (χ1v) is 8.69. The Morgan fingerprint density at radius 3 is 2.48 bits per heavy atom. The predicted molar refractivity (Wildman–Crippen MR) is 97.1 cm³/mol. The molecule has 1 fully saturated rings. The van der Waals surface area contributed by atoms with Crippen LogP contribution in [0.2, 0.25) is 0 Å². The zero-order chi connectivity index (χ0) is 17.5. The minimum atomic E-state index is 0.239. The number of carbonyl (C=O) groups is 1. The van der Waals surface area contributed by atoms with E-state index >= 15 is 0 Å². The Labute approximate surface area is 148 Å². The van der Waals surface area contributed by atoms with Gasteiger partial charge in [-0.3, -0.25) is 4.79 Å². The average Bonchev–Trinajstić information content (AvgIpc) is 2.69. The standard InChI is InChI=1S/C20H22N4O/c21-15-18-9-10-19(22-16-18)23-11-13-24(14-12-23)20(25)8-4-7-17-5-2-1-3-6-17/h1-3,5-6,9-10,16H,4,7-8,11-14H2. The molecule has 0 N–H and O–H groups in total. The van der Waals surface area contributed by atoms with Crippen molar-refractivity contribution >= 4 is 11.7 Å². The summed E-state index contributed by atoms with van der Waals surface area (Å²) in [4.78, 5) is 20.8. The fourth-order valence-electron chi connectivity index (χ4n) is 3.07. The lowest BCUT2D eigenvalue weighted by Gasteiger charge is -2.35. The van der Waals surface area contributed by atoms with E-state index in [2.05, 4.69) is 28.1 Å². The molecule has 128 valence electrons. The lowest BCUT2D eigenvalue weighted by molar-refractivity contribution is -0.131. The highest BCUT2D eigenvalue weighted by atomic mass is 16.2. The number of hydrogen-bond donors (Lipinski definition) is 0. The Hall–Kier alpha value is -2.87. The van der Waals surface area contributed by atoms with Crippen LogP contribution in [0.4, 0.5) is 5.82 Å². The molecule has 1 aromatic carbocycles. The summed E-state index contributed by atoms with van der Waals surface area (Å²) >= 11 is 0. The van der Waals surface area contributed by atoms with Crippen molar-refractivity contribution in [3.63, 3.8) is 0 Å². The largest absolute Gasteiger partial charge is 0.353 e. The van der Waals surface area contributed by atoms with Gasteiger partial charge in [0.15, 0.2) is 0 Å². The third-order valence-corrected chi connectivity index (χ3v) is 4.53. The fraction of sp³-hybridized carbons (Fsp3) is 0.350. The summed E-state index contributed by atoms with van der Waals surface area (Å²) in [5.41, 5.74) is 1.85. The van der Waals surface area contributed by atoms with Gasteiger partial charge in [0, 0.05) is 38.8 Å². The Bertz CT molecular complexity index is 729. The van der Waals surface area contributed by atoms with Crippen LogP contribution < -0.4 is 4.90 Å². The lowest BCUT2D eigenvalue weighted by Crippen LogP contribution is -2.49. The molecule has 0 unspecified atom stereocenters. The summed E-state index contributed by atoms with van der Waals surface area (Å²) in [6, 6.07) is 16.0. The number of pyridine rings is 1. The predicted octanol–water partition coefficient (Wildman–Crippen LogP) is 2.62. The third-order valence-electron chi connectivity index (χ3n) is 4.53. The molecule has 0 aliphatic carbocycles. The summed E-state index contributed by atoms with van der Waals surface area (Å²) < 4.78 is 0. The molecule has 0 bridgehead atoms. The van der Waals surface area contributed by atoms with Crippen molar-refractivity contribution < 1.29 is 4.79 Å². The number of anilines is 1. The van der Waals surface area contributed by atoms with E-state index in [9.17, 15) is 4.79 Å². The third kappa shape index (κ3) is 4.57. The number of nitrogens with zero attached hydrogens (tertiary/aromatic N) is 4. The Morgan fingerprint density at radius 1 is 1.08 bits per heavy atom. The number of amides is 1. The number of piperazine rings is 1. The summed E-state index contributed by atoms with van der Waals surface area (Å²) in [7, 11) is 0. The number of aromatic nitrogens is 1. The number of rotatable bonds is 5. The van der Waals surface area contributed by atoms with Crippen molar-refractivity contribution in [2.75, 3.05) is 31.1 Å². The van der Waals surface area contributed by atoms with Crippen molar-refractivity contribution in [3.8, 4) is 6.07 Å². The molecule has 2 aromatic rings. The van der Waals surface area contributed by atoms with Gasteiger partial charge in [0.2, 0.25) is 5.91 Å². The average molecular weight is 334 g/mol. The van der Waals surface area contributed by atoms with E-state index in [0.717, 1.165) is 44.8 Å². The highest BCUT2D eigenvalue weighted by molar-refractivity contribution is 5.76. The van der Waals surface area contributed by atoms with Gasteiger partial charge < -0.3 is 9.80 Å². The summed E-state index contributed by atoms with van der Waals surface area (Å²) in [6.07, 6.45) is 4.03. The van der Waals surface area contributed by atoms with E-state index in [-0.39, 0.29) is 5.91 Å². The lowest BCUT2D eigenvalue weighted by atomic mass is 10.1. The zero-order valence-electron chi connectivity index (χ0n) is 14.3. The summed E-state index contributed by atoms with van der Waals surface area (Å²) in [5.74, 6) is 1.11. The molecule has 0 atom stereocenters. The maximum atomic E-state index is 12.4. The molecule has 0 saturated carbocycles. The van der Waals surface area contributed by atoms with E-state index in [1.165, 1.54) is 5.56 Å². The molecule has 5 nitrogen and oxygen atoms in total. The van der Waals surface area contributed by atoms with Gasteiger partial charge in [-0.25, -0.2) is 4.98 Å². The van der Waals surface area contributed by atoms with Gasteiger partial charge in [-0.05, 0) is 30.5 Å². The molecule has 1 amide bonds. The van der Waals surface area contributed by atoms with Gasteiger partial charge in [-0.1, -0.05) is 30.3 Å². The number of nitriles is 1. The number of carbonyl (C=O) groups excluding carboxylic acids is 1. The molecule has 1 aliphatic heterocycles. The molecule has 1 saturated heterocycles. The topological polar surface area (TPSA) is 60.2 Å². The van der Waals surface area contributed by atoms with E-state index < -0.39 is 0 Å². The molecule has 25 heavy (non-hydrogen) atoms. The Kier molecular flexibility index (Phi) is 5.63. The van der Waals surface area contributed by atoms with Crippen LogP contribution in [0, 0.1) is 11.3 Å². The Morgan fingerprint density at radius 2 is 1.84 bits per heavy atom. The molecular weight excluding hydrogens is 312 g/mol. The fourth-order valence-corrected chi connectivity index (χ4v) is 3.07. The number of aryl methyl sites for hydroxylation is 1. The minimum Gasteiger partial charge on any atom is -0.353 e. The highest BCUT2D eigenvalue weighted by Gasteiger charge is 2.21. The summed E-state index contributed by atoms with van der Waals surface area (Å²) in [5, 5.41) is 8.83. The number of benzene rings is 1. The molecule has 0 spiro atoms. The second kappa shape index (κ2) is 8.29. The first kappa shape index (κ1) is 17.0. The Balaban J connectivity index is 1.43. The van der Waals surface area contributed by atoms with E-state index in [1.807, 2.05) is 29.2 Å². The van der Waals surface area contributed by atoms with Crippen LogP contribution in [-0.2, 0) is 11.2 Å². The monoisotopic (exact) mass is 334 g/mol. The molecule has 1 aliphatic rings. The molecule has 1 aromatic heterocycles. The molecular formula is C20H22N4O. The number of hydrogen-bond acceptors (Lipinski definition) is 4. The van der Waals surface area contributed by atoms with Crippen LogP contribution in [0.25, 0.3) is 0 Å². The maximum absolute atomic E-state index is 12.4. The SMILES string of the molecule is N#Cc1ccc(N2CCN(C(=O)CCCc3ccccc3)CC2)nc1. The maximum Gasteiger partial charge on any atom is 0.222 e. The van der Waals surface area contributed by atoms with Crippen LogP contribution in [0.5, 0.6) is 0 Å². The zero-order valence-corrected chi connectivity index (χ0v) is 14.3. The van der Waals surface area contributed by atoms with Crippen molar-refractivity contribution in [1.29, 1.82) is 5.26 Å². The van der Waals surface area contributed by atoms with Crippen LogP contribution in [0.3, 0.4) is 0 Å². The minimum absolute atomic E-state index is 0.239. The molecule has 2 heterocycles. The van der Waals surface area contributed by atoms with E-state index in [0.29, 0.717) is 12.0 Å². The van der Waals surface area contributed by atoms with Crippen LogP contribution >= 0.6 is 0 Å². The second-order valence-electron chi connectivity index (χ2n) is 6.22. The first-order chi connectivity index (χ1) is 12.3. The van der Waals surface area contributed by atoms with Crippen LogP contribution in [-0.4, -0.2) is 42.0 Å². The van der Waals surface area contributed by atoms with Gasteiger partial charge >= 0.3 is 0 Å². The van der Waals surface area contributed by atoms with Crippen molar-refractivity contribution in [1.82, 2.24) is 9.88 Å². The van der Waals surface area contributed by atoms with Gasteiger partial charge in [0.25, 0.3) is 0 Å². The van der Waals surface area contributed by atoms with Gasteiger partial charge in [0.05, 0.1) is 5.56 Å². The highest BCUT2D eigenvalue weighted by Crippen LogP contribution is 2.15. The van der Waals surface area contributed by atoms with Crippen molar-refractivity contribution in [3.05, 3.63) is 59.8 Å². The van der Waals surface area contributed by atoms with Gasteiger partial charge in [0.1, 0.15) is 11.9 Å². The molecule has 3 rings (SSSR count). The summed E-state index contributed by atoms with van der Waals surface area (Å²) in [6.45, 7) is 3.02. The molecule has 5 heteroatoms. The van der Waals surface area contributed by atoms with Crippen LogP contribution in [0.1, 0.15) is 24.0 Å². The van der Waals surface area contributed by atoms with Crippen molar-refractivity contribution in [2.45, 2.75) is 19.3 Å². The normalized spacial score (nSPS) is 14.2. The first-order valence-electron chi connectivity index (χ1n) is 8.69. The van der Waals surface area contributed by atoms with Gasteiger partial charge in [-0.2, -0.15) is 5.26 Å². The van der Waals surface area contributed by atoms with E-state index in [1.54, 1.807) is 12.3 Å². The van der Waals surface area contributed by atoms with Crippen molar-refractivity contribution in [2.24, 2.45) is 0 Å². The molecule has 0 radical (unpaired) electrons. The van der Waals surface area contributed by atoms with E-state index in [4.69, 9.17) is 5.26 Å². The van der Waals surface area contributed by atoms with Gasteiger partial charge in [-0.15, -0.1) is 0 Å². The second-order valence-corrected chi connectivity index (χ2v) is 6.22. The quantitative estimate of drug-likeness (QED) is 0.843.